The van der Waals surface area contributed by atoms with Crippen molar-refractivity contribution in [2.75, 3.05) is 18.7 Å². The summed E-state index contributed by atoms with van der Waals surface area (Å²) in [6, 6.07) is 13.8. The van der Waals surface area contributed by atoms with Gasteiger partial charge in [0, 0.05) is 29.8 Å². The van der Waals surface area contributed by atoms with Crippen LogP contribution in [-0.4, -0.2) is 28.8 Å². The van der Waals surface area contributed by atoms with Gasteiger partial charge in [0.2, 0.25) is 5.82 Å². The molecule has 9 heteroatoms. The van der Waals surface area contributed by atoms with Crippen LogP contribution in [-0.2, 0) is 4.74 Å². The predicted molar refractivity (Wildman–Crippen MR) is 108 cm³/mol. The van der Waals surface area contributed by atoms with Gasteiger partial charge in [-0.2, -0.15) is 4.98 Å². The fraction of sp³-hybridized carbons (Fsp3) is 0.100. The molecule has 0 spiro atoms. The predicted octanol–water partition coefficient (Wildman–Crippen LogP) is 3.01. The molecule has 0 unspecified atom stereocenters. The first-order valence-corrected chi connectivity index (χ1v) is 8.77. The number of ether oxygens (including phenoxy) is 1. The summed E-state index contributed by atoms with van der Waals surface area (Å²) < 4.78 is 24.7. The molecule has 0 aliphatic rings. The second kappa shape index (κ2) is 7.74. The number of fused-ring (bicyclic) bond motifs is 1. The highest BCUT2D eigenvalue weighted by Gasteiger charge is 2.20. The van der Waals surface area contributed by atoms with Crippen molar-refractivity contribution >= 4 is 22.3 Å². The lowest BCUT2D eigenvalue weighted by Gasteiger charge is -2.23. The molecule has 148 valence electrons. The van der Waals surface area contributed by atoms with E-state index < -0.39 is 5.82 Å². The molecule has 0 radical (unpaired) electrons. The molecule has 2 heterocycles. The highest BCUT2D eigenvalue weighted by molar-refractivity contribution is 5.84. The van der Waals surface area contributed by atoms with Gasteiger partial charge in [-0.25, -0.2) is 10.2 Å². The van der Waals surface area contributed by atoms with Gasteiger partial charge >= 0.3 is 0 Å². The number of nitrogens with one attached hydrogen (secondary N) is 1. The summed E-state index contributed by atoms with van der Waals surface area (Å²) in [5.41, 5.74) is 8.53. The van der Waals surface area contributed by atoms with Crippen molar-refractivity contribution < 1.29 is 13.7 Å². The number of benzene rings is 2. The molecule has 0 bridgehead atoms. The van der Waals surface area contributed by atoms with Crippen molar-refractivity contribution in [1.29, 1.82) is 0 Å². The van der Waals surface area contributed by atoms with Crippen LogP contribution in [0.3, 0.4) is 0 Å². The maximum absolute atomic E-state index is 14.2. The number of aromatic amines is 1. The van der Waals surface area contributed by atoms with Crippen molar-refractivity contribution in [3.63, 3.8) is 0 Å². The Morgan fingerprint density at radius 1 is 1.24 bits per heavy atom. The quantitative estimate of drug-likeness (QED) is 0.340. The van der Waals surface area contributed by atoms with Crippen LogP contribution in [0.1, 0.15) is 5.89 Å². The van der Waals surface area contributed by atoms with Crippen molar-refractivity contribution in [3.8, 4) is 11.4 Å². The second-order valence-corrected chi connectivity index (χ2v) is 6.32. The molecule has 0 fully saturated rings. The third-order valence-corrected chi connectivity index (χ3v) is 4.46. The number of halogens is 1. The molecule has 0 aliphatic carbocycles. The van der Waals surface area contributed by atoms with Gasteiger partial charge in [0.25, 0.3) is 5.89 Å². The molecule has 5 N–H and O–H groups in total. The first kappa shape index (κ1) is 18.7. The first-order chi connectivity index (χ1) is 14.1. The molecular weight excluding hydrogens is 375 g/mol. The van der Waals surface area contributed by atoms with Crippen molar-refractivity contribution in [2.24, 2.45) is 11.6 Å². The van der Waals surface area contributed by atoms with Gasteiger partial charge in [-0.3, -0.25) is 5.01 Å². The SMILES string of the molecule is COC/C(=C(/N)c1nc(-c2ccc3[nH]ccc3c2)no1)N(N)c1ccccc1F. The Balaban J connectivity index is 1.71. The van der Waals surface area contributed by atoms with E-state index in [-0.39, 0.29) is 29.6 Å². The summed E-state index contributed by atoms with van der Waals surface area (Å²) in [4.78, 5) is 7.50. The maximum atomic E-state index is 14.2. The third-order valence-electron chi connectivity index (χ3n) is 4.46. The Morgan fingerprint density at radius 2 is 2.07 bits per heavy atom. The van der Waals surface area contributed by atoms with E-state index in [9.17, 15) is 4.39 Å². The van der Waals surface area contributed by atoms with Gasteiger partial charge in [0.15, 0.2) is 0 Å². The number of hydrogen-bond acceptors (Lipinski definition) is 7. The van der Waals surface area contributed by atoms with Gasteiger partial charge in [-0.15, -0.1) is 0 Å². The fourth-order valence-corrected chi connectivity index (χ4v) is 2.97. The van der Waals surface area contributed by atoms with Crippen LogP contribution < -0.4 is 16.6 Å². The minimum atomic E-state index is -0.498. The van der Waals surface area contributed by atoms with Gasteiger partial charge in [0.1, 0.15) is 11.5 Å². The molecular formula is C20H19FN6O2. The lowest BCUT2D eigenvalue weighted by atomic mass is 10.1. The lowest BCUT2D eigenvalue weighted by molar-refractivity contribution is 0.223. The van der Waals surface area contributed by atoms with Crippen LogP contribution in [0.5, 0.6) is 0 Å². The standard InChI is InChI=1S/C20H19FN6O2/c1-28-11-17(27(23)16-5-3-2-4-14(16)21)18(22)20-25-19(26-29-20)13-6-7-15-12(10-13)8-9-24-15/h2-10,24H,11,22-23H2,1H3/b18-17-. The van der Waals surface area contributed by atoms with Crippen LogP contribution in [0, 0.1) is 5.82 Å². The molecule has 8 nitrogen and oxygen atoms in total. The Hall–Kier alpha value is -3.69. The Bertz CT molecular complexity index is 1180. The Kier molecular flexibility index (Phi) is 4.98. The monoisotopic (exact) mass is 394 g/mol. The van der Waals surface area contributed by atoms with E-state index in [4.69, 9.17) is 20.8 Å². The zero-order valence-electron chi connectivity index (χ0n) is 15.6. The summed E-state index contributed by atoms with van der Waals surface area (Å²) in [6.45, 7) is 0.0175. The van der Waals surface area contributed by atoms with E-state index in [0.717, 1.165) is 21.5 Å². The number of nitrogens with two attached hydrogens (primary N) is 2. The third kappa shape index (κ3) is 3.56. The molecule has 0 saturated carbocycles. The highest BCUT2D eigenvalue weighted by Crippen LogP contribution is 2.26. The van der Waals surface area contributed by atoms with Gasteiger partial charge in [-0.05, 0) is 36.4 Å². The van der Waals surface area contributed by atoms with E-state index in [1.54, 1.807) is 12.1 Å². The second-order valence-electron chi connectivity index (χ2n) is 6.32. The number of hydrogen-bond donors (Lipinski definition) is 3. The fourth-order valence-electron chi connectivity index (χ4n) is 2.97. The average molecular weight is 394 g/mol. The lowest BCUT2D eigenvalue weighted by Crippen LogP contribution is -2.35. The number of aromatic nitrogens is 3. The minimum Gasteiger partial charge on any atom is -0.393 e. The van der Waals surface area contributed by atoms with E-state index in [0.29, 0.717) is 5.82 Å². The van der Waals surface area contributed by atoms with Gasteiger partial charge < -0.3 is 20.0 Å². The van der Waals surface area contributed by atoms with Crippen molar-refractivity contribution in [2.45, 2.75) is 0 Å². The van der Waals surface area contributed by atoms with E-state index in [1.165, 1.54) is 19.2 Å². The summed E-state index contributed by atoms with van der Waals surface area (Å²) in [5, 5.41) is 6.14. The summed E-state index contributed by atoms with van der Waals surface area (Å²) in [5.74, 6) is 6.05. The molecule has 0 amide bonds. The number of H-pyrrole nitrogens is 1. The number of rotatable bonds is 6. The largest absolute Gasteiger partial charge is 0.393 e. The number of nitrogens with zero attached hydrogens (tertiary/aromatic N) is 3. The Labute approximate surface area is 165 Å². The topological polar surface area (TPSA) is 119 Å². The number of para-hydroxylation sites is 1. The highest BCUT2D eigenvalue weighted by atomic mass is 19.1. The normalized spacial score (nSPS) is 12.2. The van der Waals surface area contributed by atoms with E-state index in [2.05, 4.69) is 15.1 Å². The van der Waals surface area contributed by atoms with Crippen LogP contribution in [0.25, 0.3) is 28.0 Å². The average Bonchev–Trinajstić information content (AvgIpc) is 3.40. The summed E-state index contributed by atoms with van der Waals surface area (Å²) >= 11 is 0. The summed E-state index contributed by atoms with van der Waals surface area (Å²) in [6.07, 6.45) is 1.85. The molecule has 4 rings (SSSR count). The van der Waals surface area contributed by atoms with E-state index in [1.807, 2.05) is 30.5 Å². The number of methoxy groups -OCH3 is 1. The van der Waals surface area contributed by atoms with Crippen LogP contribution in [0.15, 0.2) is 64.9 Å². The van der Waals surface area contributed by atoms with Crippen LogP contribution in [0.2, 0.25) is 0 Å². The maximum Gasteiger partial charge on any atom is 0.276 e. The van der Waals surface area contributed by atoms with Gasteiger partial charge in [-0.1, -0.05) is 17.3 Å². The molecule has 0 saturated heterocycles. The summed E-state index contributed by atoms with van der Waals surface area (Å²) in [7, 11) is 1.48. The smallest absolute Gasteiger partial charge is 0.276 e. The molecule has 2 aromatic carbocycles. The molecule has 0 aliphatic heterocycles. The number of anilines is 1. The molecule has 29 heavy (non-hydrogen) atoms. The van der Waals surface area contributed by atoms with E-state index >= 15 is 0 Å². The first-order valence-electron chi connectivity index (χ1n) is 8.77. The zero-order chi connectivity index (χ0) is 20.4. The molecule has 2 aromatic heterocycles. The zero-order valence-corrected chi connectivity index (χ0v) is 15.6. The minimum absolute atomic E-state index is 0.0175. The van der Waals surface area contributed by atoms with Crippen molar-refractivity contribution in [1.82, 2.24) is 15.1 Å². The Morgan fingerprint density at radius 3 is 2.86 bits per heavy atom. The molecule has 4 aromatic rings. The van der Waals surface area contributed by atoms with Crippen molar-refractivity contribution in [3.05, 3.63) is 72.1 Å². The van der Waals surface area contributed by atoms with Crippen LogP contribution >= 0.6 is 0 Å². The van der Waals surface area contributed by atoms with Gasteiger partial charge in [0.05, 0.1) is 18.0 Å². The number of hydrazine groups is 1. The van der Waals surface area contributed by atoms with Crippen LogP contribution in [0.4, 0.5) is 10.1 Å². The molecule has 0 atom stereocenters.